The molecule has 0 spiro atoms. The molecule has 0 saturated carbocycles. The summed E-state index contributed by atoms with van der Waals surface area (Å²) in [5, 5.41) is 1.83. The smallest absolute Gasteiger partial charge is 0.744 e. The van der Waals surface area contributed by atoms with E-state index in [-0.39, 0.29) is 64.8 Å². The molecule has 0 atom stereocenters. The van der Waals surface area contributed by atoms with Crippen molar-refractivity contribution in [1.82, 2.24) is 0 Å². The van der Waals surface area contributed by atoms with E-state index in [2.05, 4.69) is 17.2 Å². The molecule has 1 aromatic carbocycles. The largest absolute Gasteiger partial charge is 1.00 e. The van der Waals surface area contributed by atoms with Crippen LogP contribution in [0.15, 0.2) is 33.0 Å². The number of thiocarbonyl (C=S) groups is 1. The Balaban J connectivity index is 0. The fraction of sp³-hybridized carbons (Fsp3) is 0. The van der Waals surface area contributed by atoms with Gasteiger partial charge in [-0.3, -0.25) is 0 Å². The molecule has 0 N–H and O–H groups in total. The second kappa shape index (κ2) is 8.32. The number of nitrogens with zero attached hydrogens (tertiary/aromatic N) is 1. The third-order valence-electron chi connectivity index (χ3n) is 1.66. The second-order valence-corrected chi connectivity index (χ2v) is 5.65. The van der Waals surface area contributed by atoms with Gasteiger partial charge in [0.05, 0.1) is 20.6 Å². The molecular formula is C7H3NNa2O6S3. The predicted molar refractivity (Wildman–Crippen MR) is 57.1 cm³/mol. The molecule has 7 nitrogen and oxygen atoms in total. The van der Waals surface area contributed by atoms with E-state index in [4.69, 9.17) is 0 Å². The monoisotopic (exact) mass is 339 g/mol. The van der Waals surface area contributed by atoms with Crippen LogP contribution >= 0.6 is 12.2 Å². The minimum absolute atomic E-state index is 0. The van der Waals surface area contributed by atoms with Gasteiger partial charge in [-0.1, -0.05) is 0 Å². The van der Waals surface area contributed by atoms with Crippen molar-refractivity contribution < 1.29 is 85.1 Å². The van der Waals surface area contributed by atoms with Crippen LogP contribution in [0.2, 0.25) is 0 Å². The van der Waals surface area contributed by atoms with Crippen LogP contribution in [0, 0.1) is 0 Å². The molecular weight excluding hydrogens is 336 g/mol. The minimum atomic E-state index is -4.97. The van der Waals surface area contributed by atoms with Gasteiger partial charge in [-0.05, 0) is 30.4 Å². The summed E-state index contributed by atoms with van der Waals surface area (Å²) >= 11 is 4.23. The van der Waals surface area contributed by atoms with Crippen LogP contribution < -0.4 is 59.1 Å². The Morgan fingerprint density at radius 2 is 1.58 bits per heavy atom. The first kappa shape index (κ1) is 22.1. The van der Waals surface area contributed by atoms with E-state index in [9.17, 15) is 25.9 Å². The van der Waals surface area contributed by atoms with E-state index in [1.807, 2.05) is 5.16 Å². The van der Waals surface area contributed by atoms with Crippen molar-refractivity contribution in [3.63, 3.8) is 0 Å². The molecule has 92 valence electrons. The Hall–Kier alpha value is 0.840. The first-order valence-corrected chi connectivity index (χ1v) is 7.02. The number of isothiocyanates is 1. The van der Waals surface area contributed by atoms with E-state index >= 15 is 0 Å². The Morgan fingerprint density at radius 3 is 1.95 bits per heavy atom. The van der Waals surface area contributed by atoms with Crippen molar-refractivity contribution in [2.24, 2.45) is 4.99 Å². The Kier molecular flexibility index (Phi) is 9.69. The number of hydrogen-bond acceptors (Lipinski definition) is 8. The molecule has 1 aromatic rings. The summed E-state index contributed by atoms with van der Waals surface area (Å²) in [7, 11) is -9.83. The van der Waals surface area contributed by atoms with Crippen LogP contribution in [0.3, 0.4) is 0 Å². The topological polar surface area (TPSA) is 127 Å². The van der Waals surface area contributed by atoms with Gasteiger partial charge in [0.15, 0.2) is 0 Å². The average Bonchev–Trinajstić information content (AvgIpc) is 2.15. The zero-order valence-corrected chi connectivity index (χ0v) is 16.3. The predicted octanol–water partition coefficient (Wildman–Crippen LogP) is -5.76. The Morgan fingerprint density at radius 1 is 1.05 bits per heavy atom. The third kappa shape index (κ3) is 6.42. The molecule has 0 aliphatic rings. The molecule has 0 unspecified atom stereocenters. The van der Waals surface area contributed by atoms with Gasteiger partial charge in [-0.25, -0.2) is 16.8 Å². The molecule has 19 heavy (non-hydrogen) atoms. The van der Waals surface area contributed by atoms with Gasteiger partial charge in [-0.2, -0.15) is 4.99 Å². The molecule has 0 saturated heterocycles. The average molecular weight is 339 g/mol. The first-order chi connectivity index (χ1) is 7.66. The van der Waals surface area contributed by atoms with E-state index in [0.717, 1.165) is 12.1 Å². The quantitative estimate of drug-likeness (QED) is 0.232. The Labute approximate surface area is 159 Å². The zero-order chi connectivity index (χ0) is 13.3. The van der Waals surface area contributed by atoms with Gasteiger partial charge in [0, 0.05) is 0 Å². The van der Waals surface area contributed by atoms with Gasteiger partial charge >= 0.3 is 59.1 Å². The molecule has 0 aliphatic carbocycles. The summed E-state index contributed by atoms with van der Waals surface area (Å²) in [6.45, 7) is 0. The molecule has 0 heterocycles. The maximum Gasteiger partial charge on any atom is 1.00 e. The van der Waals surface area contributed by atoms with Gasteiger partial charge in [0.2, 0.25) is 0 Å². The van der Waals surface area contributed by atoms with Gasteiger partial charge in [0.1, 0.15) is 20.2 Å². The standard InChI is InChI=1S/C7H5NO6S3.2Na/c9-16(10,11)5-1-2-6(8-4-15)7(3-5)17(12,13)14;;/h1-3H,(H,9,10,11)(H,12,13,14);;/q;2*+1/p-2. The SMILES string of the molecule is O=S(=O)([O-])c1ccc(N=C=S)c(S(=O)(=O)[O-])c1.[Na+].[Na+]. The van der Waals surface area contributed by atoms with Crippen molar-refractivity contribution in [1.29, 1.82) is 0 Å². The molecule has 0 aliphatic heterocycles. The normalized spacial score (nSPS) is 10.6. The molecule has 0 radical (unpaired) electrons. The van der Waals surface area contributed by atoms with Gasteiger partial charge < -0.3 is 9.11 Å². The summed E-state index contributed by atoms with van der Waals surface area (Å²) in [5.41, 5.74) is -0.373. The Bertz CT molecular complexity index is 708. The van der Waals surface area contributed by atoms with Crippen LogP contribution in [-0.2, 0) is 20.2 Å². The third-order valence-corrected chi connectivity index (χ3v) is 3.44. The first-order valence-electron chi connectivity index (χ1n) is 3.80. The minimum Gasteiger partial charge on any atom is -0.744 e. The molecule has 0 amide bonds. The summed E-state index contributed by atoms with van der Waals surface area (Å²) in [6, 6.07) is 2.15. The maximum atomic E-state index is 10.8. The summed E-state index contributed by atoms with van der Waals surface area (Å²) < 4.78 is 64.5. The number of benzene rings is 1. The van der Waals surface area contributed by atoms with Crippen LogP contribution in [0.25, 0.3) is 0 Å². The van der Waals surface area contributed by atoms with Gasteiger partial charge in [0.25, 0.3) is 0 Å². The molecule has 0 aromatic heterocycles. The van der Waals surface area contributed by atoms with Crippen molar-refractivity contribution in [3.05, 3.63) is 18.2 Å². The zero-order valence-electron chi connectivity index (χ0n) is 9.85. The molecule has 1 rings (SSSR count). The van der Waals surface area contributed by atoms with Crippen LogP contribution in [0.5, 0.6) is 0 Å². The molecule has 0 fully saturated rings. The maximum absolute atomic E-state index is 10.8. The fourth-order valence-electron chi connectivity index (χ4n) is 0.992. The van der Waals surface area contributed by atoms with Crippen molar-refractivity contribution >= 4 is 43.3 Å². The summed E-state index contributed by atoms with van der Waals surface area (Å²) in [5.74, 6) is 0. The van der Waals surface area contributed by atoms with E-state index in [1.54, 1.807) is 0 Å². The van der Waals surface area contributed by atoms with Crippen molar-refractivity contribution in [2.75, 3.05) is 0 Å². The van der Waals surface area contributed by atoms with E-state index in [1.165, 1.54) is 0 Å². The van der Waals surface area contributed by atoms with Crippen LogP contribution in [0.1, 0.15) is 0 Å². The summed E-state index contributed by atoms with van der Waals surface area (Å²) in [4.78, 5) is 1.51. The molecule has 12 heteroatoms. The van der Waals surface area contributed by atoms with Crippen LogP contribution in [-0.4, -0.2) is 31.1 Å². The number of hydrogen-bond donors (Lipinski definition) is 0. The van der Waals surface area contributed by atoms with E-state index < -0.39 is 30.0 Å². The number of aliphatic imine (C=N–C) groups is 1. The fourth-order valence-corrected chi connectivity index (χ4v) is 2.30. The summed E-state index contributed by atoms with van der Waals surface area (Å²) in [6.07, 6.45) is 0. The number of rotatable bonds is 3. The van der Waals surface area contributed by atoms with Crippen molar-refractivity contribution in [2.45, 2.75) is 9.79 Å². The van der Waals surface area contributed by atoms with E-state index in [0.29, 0.717) is 6.07 Å². The van der Waals surface area contributed by atoms with Crippen molar-refractivity contribution in [3.8, 4) is 0 Å². The second-order valence-electron chi connectivity index (χ2n) is 2.74. The molecule has 0 bridgehead atoms. The van der Waals surface area contributed by atoms with Gasteiger partial charge in [-0.15, -0.1) is 0 Å². The van der Waals surface area contributed by atoms with Crippen LogP contribution in [0.4, 0.5) is 5.69 Å².